The van der Waals surface area contributed by atoms with E-state index in [4.69, 9.17) is 16.7 Å². The SMILES string of the molecule is O=C(O)c1ccc(Nc2ccc([N+](=O)[O-])cc2Cl)cc1O. The molecule has 0 saturated heterocycles. The van der Waals surface area contributed by atoms with Crippen LogP contribution in [0.4, 0.5) is 17.1 Å². The van der Waals surface area contributed by atoms with E-state index in [-0.39, 0.29) is 16.3 Å². The van der Waals surface area contributed by atoms with Crippen LogP contribution < -0.4 is 5.32 Å². The normalized spacial score (nSPS) is 10.1. The van der Waals surface area contributed by atoms with Gasteiger partial charge in [-0.15, -0.1) is 0 Å². The molecule has 0 spiro atoms. The summed E-state index contributed by atoms with van der Waals surface area (Å²) in [4.78, 5) is 20.8. The molecule has 0 radical (unpaired) electrons. The van der Waals surface area contributed by atoms with E-state index in [2.05, 4.69) is 5.32 Å². The summed E-state index contributed by atoms with van der Waals surface area (Å²) in [7, 11) is 0. The Morgan fingerprint density at radius 1 is 1.24 bits per heavy atom. The molecule has 0 aliphatic carbocycles. The number of nitro benzene ring substituents is 1. The summed E-state index contributed by atoms with van der Waals surface area (Å²) < 4.78 is 0. The molecular formula is C13H9ClN2O5. The summed E-state index contributed by atoms with van der Waals surface area (Å²) >= 11 is 5.92. The fourth-order valence-corrected chi connectivity index (χ4v) is 1.89. The Kier molecular flexibility index (Phi) is 3.95. The number of carboxylic acid groups (broad SMARTS) is 1. The minimum atomic E-state index is -1.24. The third-order valence-electron chi connectivity index (χ3n) is 2.67. The van der Waals surface area contributed by atoms with Crippen molar-refractivity contribution in [2.75, 3.05) is 5.32 Å². The zero-order valence-corrected chi connectivity index (χ0v) is 11.2. The van der Waals surface area contributed by atoms with Gasteiger partial charge in [0, 0.05) is 23.9 Å². The van der Waals surface area contributed by atoms with Gasteiger partial charge in [0.05, 0.1) is 15.6 Å². The van der Waals surface area contributed by atoms with E-state index in [9.17, 15) is 20.0 Å². The van der Waals surface area contributed by atoms with Gasteiger partial charge in [0.1, 0.15) is 11.3 Å². The molecule has 3 N–H and O–H groups in total. The molecule has 0 atom stereocenters. The van der Waals surface area contributed by atoms with Gasteiger partial charge < -0.3 is 15.5 Å². The third kappa shape index (κ3) is 3.21. The van der Waals surface area contributed by atoms with Crippen LogP contribution in [0, 0.1) is 10.1 Å². The van der Waals surface area contributed by atoms with Crippen LogP contribution in [0.2, 0.25) is 5.02 Å². The van der Waals surface area contributed by atoms with Crippen molar-refractivity contribution < 1.29 is 19.9 Å². The van der Waals surface area contributed by atoms with Gasteiger partial charge in [-0.1, -0.05) is 11.6 Å². The Hall–Kier alpha value is -2.80. The number of hydrogen-bond donors (Lipinski definition) is 3. The molecule has 0 aliphatic heterocycles. The van der Waals surface area contributed by atoms with Crippen LogP contribution >= 0.6 is 11.6 Å². The molecule has 0 fully saturated rings. The number of anilines is 2. The molecule has 0 unspecified atom stereocenters. The van der Waals surface area contributed by atoms with E-state index < -0.39 is 16.6 Å². The lowest BCUT2D eigenvalue weighted by molar-refractivity contribution is -0.384. The van der Waals surface area contributed by atoms with Crippen molar-refractivity contribution in [2.24, 2.45) is 0 Å². The molecule has 0 aromatic heterocycles. The second kappa shape index (κ2) is 5.68. The Labute approximate surface area is 123 Å². The number of hydrogen-bond acceptors (Lipinski definition) is 5. The van der Waals surface area contributed by atoms with Crippen LogP contribution in [0.3, 0.4) is 0 Å². The van der Waals surface area contributed by atoms with Crippen molar-refractivity contribution in [2.45, 2.75) is 0 Å². The number of nitrogens with one attached hydrogen (secondary N) is 1. The Balaban J connectivity index is 2.28. The first-order valence-corrected chi connectivity index (χ1v) is 6.03. The first-order valence-electron chi connectivity index (χ1n) is 5.66. The number of carbonyl (C=O) groups is 1. The number of aromatic hydroxyl groups is 1. The van der Waals surface area contributed by atoms with Gasteiger partial charge >= 0.3 is 5.97 Å². The maximum atomic E-state index is 10.8. The molecule has 0 amide bonds. The highest BCUT2D eigenvalue weighted by molar-refractivity contribution is 6.33. The largest absolute Gasteiger partial charge is 0.507 e. The van der Waals surface area contributed by atoms with Gasteiger partial charge in [-0.05, 0) is 18.2 Å². The molecule has 8 heteroatoms. The van der Waals surface area contributed by atoms with Crippen LogP contribution in [-0.2, 0) is 0 Å². The number of phenols is 1. The summed E-state index contributed by atoms with van der Waals surface area (Å²) in [6.07, 6.45) is 0. The molecule has 0 aliphatic rings. The smallest absolute Gasteiger partial charge is 0.339 e. The Morgan fingerprint density at radius 3 is 2.48 bits per heavy atom. The average molecular weight is 309 g/mol. The van der Waals surface area contributed by atoms with Crippen molar-refractivity contribution in [3.05, 3.63) is 57.1 Å². The predicted octanol–water partition coefficient (Wildman–Crippen LogP) is 3.40. The summed E-state index contributed by atoms with van der Waals surface area (Å²) in [5.41, 5.74) is 0.419. The van der Waals surface area contributed by atoms with E-state index in [1.165, 1.54) is 36.4 Å². The second-order valence-corrected chi connectivity index (χ2v) is 4.49. The monoisotopic (exact) mass is 308 g/mol. The fourth-order valence-electron chi connectivity index (χ4n) is 1.66. The zero-order valence-electron chi connectivity index (χ0n) is 10.4. The highest BCUT2D eigenvalue weighted by atomic mass is 35.5. The van der Waals surface area contributed by atoms with Crippen molar-refractivity contribution in [1.82, 2.24) is 0 Å². The standard InChI is InChI=1S/C13H9ClN2O5/c14-10-6-8(16(20)21)2-4-11(10)15-7-1-3-9(13(18)19)12(17)5-7/h1-6,15,17H,(H,18,19). The number of carboxylic acids is 1. The molecule has 7 nitrogen and oxygen atoms in total. The number of nitrogens with zero attached hydrogens (tertiary/aromatic N) is 1. The van der Waals surface area contributed by atoms with Gasteiger partial charge in [0.2, 0.25) is 0 Å². The van der Waals surface area contributed by atoms with Crippen molar-refractivity contribution in [1.29, 1.82) is 0 Å². The number of non-ortho nitro benzene ring substituents is 1. The highest BCUT2D eigenvalue weighted by Gasteiger charge is 2.12. The number of halogens is 1. The molecule has 21 heavy (non-hydrogen) atoms. The van der Waals surface area contributed by atoms with Crippen LogP contribution in [0.25, 0.3) is 0 Å². The minimum absolute atomic E-state index is 0.131. The zero-order chi connectivity index (χ0) is 15.6. The minimum Gasteiger partial charge on any atom is -0.507 e. The van der Waals surface area contributed by atoms with Gasteiger partial charge in [-0.2, -0.15) is 0 Å². The van der Waals surface area contributed by atoms with Crippen LogP contribution in [-0.4, -0.2) is 21.1 Å². The van der Waals surface area contributed by atoms with Crippen LogP contribution in [0.15, 0.2) is 36.4 Å². The number of rotatable bonds is 4. The van der Waals surface area contributed by atoms with Crippen LogP contribution in [0.5, 0.6) is 5.75 Å². The molecule has 2 aromatic carbocycles. The molecule has 0 bridgehead atoms. The van der Waals surface area contributed by atoms with E-state index in [1.54, 1.807) is 0 Å². The Morgan fingerprint density at radius 2 is 1.95 bits per heavy atom. The van der Waals surface area contributed by atoms with E-state index >= 15 is 0 Å². The van der Waals surface area contributed by atoms with E-state index in [0.29, 0.717) is 11.4 Å². The molecule has 0 saturated carbocycles. The first kappa shape index (κ1) is 14.6. The van der Waals surface area contributed by atoms with Gasteiger partial charge in [0.25, 0.3) is 5.69 Å². The van der Waals surface area contributed by atoms with Gasteiger partial charge in [-0.3, -0.25) is 10.1 Å². The number of benzene rings is 2. The lowest BCUT2D eigenvalue weighted by Crippen LogP contribution is -1.98. The first-order chi connectivity index (χ1) is 9.88. The fraction of sp³-hybridized carbons (Fsp3) is 0. The molecule has 2 aromatic rings. The third-order valence-corrected chi connectivity index (χ3v) is 2.98. The maximum Gasteiger partial charge on any atom is 0.339 e. The summed E-state index contributed by atoms with van der Waals surface area (Å²) in [6.45, 7) is 0. The molecular weight excluding hydrogens is 300 g/mol. The number of nitro groups is 1. The topological polar surface area (TPSA) is 113 Å². The highest BCUT2D eigenvalue weighted by Crippen LogP contribution is 2.31. The maximum absolute atomic E-state index is 10.8. The molecule has 2 rings (SSSR count). The van der Waals surface area contributed by atoms with Gasteiger partial charge in [-0.25, -0.2) is 4.79 Å². The lowest BCUT2D eigenvalue weighted by atomic mass is 10.1. The quantitative estimate of drug-likeness (QED) is 0.589. The Bertz CT molecular complexity index is 732. The van der Waals surface area contributed by atoms with Crippen molar-refractivity contribution in [3.63, 3.8) is 0 Å². The number of aromatic carboxylic acids is 1. The summed E-state index contributed by atoms with van der Waals surface area (Å²) in [5, 5.41) is 32.0. The molecule has 0 heterocycles. The summed E-state index contributed by atoms with van der Waals surface area (Å²) in [6, 6.07) is 7.79. The van der Waals surface area contributed by atoms with Crippen molar-refractivity contribution >= 4 is 34.6 Å². The lowest BCUT2D eigenvalue weighted by Gasteiger charge is -2.09. The molecule has 108 valence electrons. The van der Waals surface area contributed by atoms with Crippen molar-refractivity contribution in [3.8, 4) is 5.75 Å². The van der Waals surface area contributed by atoms with Gasteiger partial charge in [0.15, 0.2) is 0 Å². The van der Waals surface area contributed by atoms with E-state index in [0.717, 1.165) is 0 Å². The van der Waals surface area contributed by atoms with Crippen LogP contribution in [0.1, 0.15) is 10.4 Å². The summed E-state index contributed by atoms with van der Waals surface area (Å²) in [5.74, 6) is -1.64. The average Bonchev–Trinajstić information content (AvgIpc) is 2.40. The predicted molar refractivity (Wildman–Crippen MR) is 76.5 cm³/mol. The van der Waals surface area contributed by atoms with E-state index in [1.807, 2.05) is 0 Å². The second-order valence-electron chi connectivity index (χ2n) is 4.08.